The van der Waals surface area contributed by atoms with Gasteiger partial charge >= 0.3 is 5.97 Å². The number of carbonyl (C=O) groups excluding carboxylic acids is 1. The summed E-state index contributed by atoms with van der Waals surface area (Å²) in [5.74, 6) is 0.0704. The van der Waals surface area contributed by atoms with Crippen LogP contribution >= 0.6 is 0 Å². The van der Waals surface area contributed by atoms with Crippen molar-refractivity contribution >= 4 is 11.7 Å². The standard InChI is InChI=1S/C16H16N2O3/c19-15(21-13-6-2-1-3-7-13)11-17-14-9-8-12-5-4-10-18(12)16(14)20/h1-3,6-9,17H,4-5,10-11H2. The molecule has 0 unspecified atom stereocenters. The van der Waals surface area contributed by atoms with Gasteiger partial charge in [0.2, 0.25) is 0 Å². The Balaban J connectivity index is 1.63. The van der Waals surface area contributed by atoms with Crippen LogP contribution in [-0.4, -0.2) is 17.1 Å². The van der Waals surface area contributed by atoms with Crippen molar-refractivity contribution in [2.45, 2.75) is 19.4 Å². The smallest absolute Gasteiger partial charge is 0.330 e. The number of hydrogen-bond acceptors (Lipinski definition) is 4. The Morgan fingerprint density at radius 2 is 2.00 bits per heavy atom. The average molecular weight is 284 g/mol. The topological polar surface area (TPSA) is 60.3 Å². The summed E-state index contributed by atoms with van der Waals surface area (Å²) < 4.78 is 6.91. The lowest BCUT2D eigenvalue weighted by Crippen LogP contribution is -2.26. The molecule has 2 aromatic rings. The SMILES string of the molecule is O=C(CNc1ccc2n(c1=O)CCC2)Oc1ccccc1. The van der Waals surface area contributed by atoms with Crippen molar-refractivity contribution in [3.63, 3.8) is 0 Å². The fraction of sp³-hybridized carbons (Fsp3) is 0.250. The van der Waals surface area contributed by atoms with Crippen LogP contribution in [0.1, 0.15) is 12.1 Å². The molecule has 0 spiro atoms. The highest BCUT2D eigenvalue weighted by Gasteiger charge is 2.14. The van der Waals surface area contributed by atoms with Crippen LogP contribution in [0.3, 0.4) is 0 Å². The molecule has 3 rings (SSSR count). The van der Waals surface area contributed by atoms with Gasteiger partial charge in [0.25, 0.3) is 5.56 Å². The van der Waals surface area contributed by atoms with Crippen molar-refractivity contribution in [2.24, 2.45) is 0 Å². The summed E-state index contributed by atoms with van der Waals surface area (Å²) in [6.07, 6.45) is 1.93. The Labute approximate surface area is 122 Å². The maximum Gasteiger partial charge on any atom is 0.330 e. The van der Waals surface area contributed by atoms with E-state index in [-0.39, 0.29) is 12.1 Å². The number of esters is 1. The van der Waals surface area contributed by atoms with E-state index in [1.54, 1.807) is 34.9 Å². The van der Waals surface area contributed by atoms with E-state index in [4.69, 9.17) is 4.74 Å². The van der Waals surface area contributed by atoms with Crippen molar-refractivity contribution in [3.8, 4) is 5.75 Å². The van der Waals surface area contributed by atoms with E-state index < -0.39 is 5.97 Å². The summed E-state index contributed by atoms with van der Waals surface area (Å²) in [6, 6.07) is 12.5. The molecule has 5 nitrogen and oxygen atoms in total. The highest BCUT2D eigenvalue weighted by Crippen LogP contribution is 2.13. The van der Waals surface area contributed by atoms with Crippen LogP contribution in [-0.2, 0) is 17.8 Å². The predicted octanol–water partition coefficient (Wildman–Crippen LogP) is 1.81. The van der Waals surface area contributed by atoms with E-state index in [2.05, 4.69) is 5.32 Å². The third-order valence-electron chi connectivity index (χ3n) is 3.48. The second-order valence-corrected chi connectivity index (χ2v) is 4.94. The van der Waals surface area contributed by atoms with Crippen LogP contribution in [0.25, 0.3) is 0 Å². The first kappa shape index (κ1) is 13.4. The van der Waals surface area contributed by atoms with Crippen molar-refractivity contribution in [1.29, 1.82) is 0 Å². The maximum absolute atomic E-state index is 12.2. The Morgan fingerprint density at radius 1 is 1.19 bits per heavy atom. The molecule has 0 aliphatic carbocycles. The third-order valence-corrected chi connectivity index (χ3v) is 3.48. The minimum atomic E-state index is -0.425. The van der Waals surface area contributed by atoms with Crippen molar-refractivity contribution in [1.82, 2.24) is 4.57 Å². The minimum Gasteiger partial charge on any atom is -0.425 e. The van der Waals surface area contributed by atoms with Gasteiger partial charge in [-0.15, -0.1) is 0 Å². The number of benzene rings is 1. The molecule has 0 saturated carbocycles. The summed E-state index contributed by atoms with van der Waals surface area (Å²) >= 11 is 0. The highest BCUT2D eigenvalue weighted by molar-refractivity contribution is 5.77. The van der Waals surface area contributed by atoms with Crippen LogP contribution < -0.4 is 15.6 Å². The Morgan fingerprint density at radius 3 is 2.81 bits per heavy atom. The summed E-state index contributed by atoms with van der Waals surface area (Å²) in [6.45, 7) is 0.710. The van der Waals surface area contributed by atoms with Gasteiger partial charge in [0.1, 0.15) is 18.0 Å². The molecular weight excluding hydrogens is 268 g/mol. The number of aryl methyl sites for hydroxylation is 1. The summed E-state index contributed by atoms with van der Waals surface area (Å²) in [5.41, 5.74) is 1.42. The van der Waals surface area contributed by atoms with E-state index in [0.29, 0.717) is 11.4 Å². The van der Waals surface area contributed by atoms with Gasteiger partial charge in [-0.1, -0.05) is 18.2 Å². The molecule has 1 aliphatic heterocycles. The van der Waals surface area contributed by atoms with E-state index in [0.717, 1.165) is 25.1 Å². The zero-order valence-electron chi connectivity index (χ0n) is 11.5. The van der Waals surface area contributed by atoms with Gasteiger partial charge in [0.05, 0.1) is 0 Å². The monoisotopic (exact) mass is 284 g/mol. The molecule has 0 atom stereocenters. The first-order valence-electron chi connectivity index (χ1n) is 6.96. The lowest BCUT2D eigenvalue weighted by molar-refractivity contribution is -0.132. The average Bonchev–Trinajstić information content (AvgIpc) is 2.97. The number of hydrogen-bond donors (Lipinski definition) is 1. The predicted molar refractivity (Wildman–Crippen MR) is 79.6 cm³/mol. The quantitative estimate of drug-likeness (QED) is 0.687. The number of rotatable bonds is 4. The zero-order valence-corrected chi connectivity index (χ0v) is 11.5. The molecule has 2 heterocycles. The van der Waals surface area contributed by atoms with Gasteiger partial charge in [0, 0.05) is 12.2 Å². The van der Waals surface area contributed by atoms with Crippen LogP contribution in [0.5, 0.6) is 5.75 Å². The molecule has 0 fully saturated rings. The van der Waals surface area contributed by atoms with E-state index >= 15 is 0 Å². The number of nitrogens with one attached hydrogen (secondary N) is 1. The van der Waals surface area contributed by atoms with E-state index in [9.17, 15) is 9.59 Å². The number of anilines is 1. The lowest BCUT2D eigenvalue weighted by atomic mass is 10.2. The molecule has 5 heteroatoms. The van der Waals surface area contributed by atoms with Crippen molar-refractivity contribution in [2.75, 3.05) is 11.9 Å². The van der Waals surface area contributed by atoms with Gasteiger partial charge in [-0.05, 0) is 37.1 Å². The zero-order chi connectivity index (χ0) is 14.7. The lowest BCUT2D eigenvalue weighted by Gasteiger charge is -2.09. The molecule has 21 heavy (non-hydrogen) atoms. The second kappa shape index (κ2) is 5.83. The molecular formula is C16H16N2O3. The normalized spacial score (nSPS) is 12.8. The Hall–Kier alpha value is -2.56. The number of para-hydroxylation sites is 1. The molecule has 1 aromatic carbocycles. The van der Waals surface area contributed by atoms with Gasteiger partial charge in [-0.3, -0.25) is 4.79 Å². The fourth-order valence-corrected chi connectivity index (χ4v) is 2.46. The van der Waals surface area contributed by atoms with E-state index in [1.807, 2.05) is 12.1 Å². The van der Waals surface area contributed by atoms with Crippen LogP contribution in [0.15, 0.2) is 47.3 Å². The summed E-state index contributed by atoms with van der Waals surface area (Å²) in [7, 11) is 0. The van der Waals surface area contributed by atoms with E-state index in [1.165, 1.54) is 0 Å². The third kappa shape index (κ3) is 2.97. The highest BCUT2D eigenvalue weighted by atomic mass is 16.5. The van der Waals surface area contributed by atoms with Crippen molar-refractivity contribution in [3.05, 3.63) is 58.5 Å². The fourth-order valence-electron chi connectivity index (χ4n) is 2.46. The van der Waals surface area contributed by atoms with Gasteiger partial charge in [0.15, 0.2) is 0 Å². The number of pyridine rings is 1. The number of aromatic nitrogens is 1. The number of ether oxygens (including phenoxy) is 1. The second-order valence-electron chi connectivity index (χ2n) is 4.94. The van der Waals surface area contributed by atoms with Crippen molar-refractivity contribution < 1.29 is 9.53 Å². The molecule has 108 valence electrons. The largest absolute Gasteiger partial charge is 0.425 e. The molecule has 1 aromatic heterocycles. The van der Waals surface area contributed by atoms with Crippen LogP contribution in [0.2, 0.25) is 0 Å². The van der Waals surface area contributed by atoms with Gasteiger partial charge in [-0.2, -0.15) is 0 Å². The minimum absolute atomic E-state index is 0.0382. The molecule has 0 bridgehead atoms. The Kier molecular flexibility index (Phi) is 3.73. The first-order chi connectivity index (χ1) is 10.2. The molecule has 0 amide bonds. The van der Waals surface area contributed by atoms with Crippen LogP contribution in [0.4, 0.5) is 5.69 Å². The van der Waals surface area contributed by atoms with Gasteiger partial charge in [-0.25, -0.2) is 4.79 Å². The molecule has 1 aliphatic rings. The molecule has 0 radical (unpaired) electrons. The molecule has 1 N–H and O–H groups in total. The van der Waals surface area contributed by atoms with Crippen LogP contribution in [0, 0.1) is 0 Å². The maximum atomic E-state index is 12.2. The molecule has 0 saturated heterocycles. The number of carbonyl (C=O) groups is 1. The number of fused-ring (bicyclic) bond motifs is 1. The number of nitrogens with zero attached hydrogens (tertiary/aromatic N) is 1. The summed E-state index contributed by atoms with van der Waals surface area (Å²) in [5, 5.41) is 2.85. The summed E-state index contributed by atoms with van der Waals surface area (Å²) in [4.78, 5) is 23.9. The van der Waals surface area contributed by atoms with Gasteiger partial charge < -0.3 is 14.6 Å². The first-order valence-corrected chi connectivity index (χ1v) is 6.96. The Bertz CT molecular complexity index is 707.